The molecule has 3 aromatic carbocycles. The van der Waals surface area contributed by atoms with Crippen LogP contribution in [0.15, 0.2) is 83.9 Å². The number of nitrogens with one attached hydrogen (secondary N) is 1. The molecule has 0 fully saturated rings. The maximum Gasteiger partial charge on any atom is 0.0864 e. The lowest BCUT2D eigenvalue weighted by molar-refractivity contribution is 0.830. The molecule has 4 rings (SSSR count). The highest BCUT2D eigenvalue weighted by Gasteiger charge is 2.18. The van der Waals surface area contributed by atoms with Gasteiger partial charge in [0.05, 0.1) is 17.4 Å². The SMILES string of the molecule is Clc1ccc(/C=C\C2=Nc3ccccc3NC(c3ccc(Cl)cc3)C2)cc1. The van der Waals surface area contributed by atoms with Gasteiger partial charge in [0.1, 0.15) is 0 Å². The van der Waals surface area contributed by atoms with Gasteiger partial charge in [-0.25, -0.2) is 0 Å². The fourth-order valence-electron chi connectivity index (χ4n) is 3.11. The van der Waals surface area contributed by atoms with Gasteiger partial charge in [0, 0.05) is 22.2 Å². The predicted octanol–water partition coefficient (Wildman–Crippen LogP) is 7.34. The van der Waals surface area contributed by atoms with Gasteiger partial charge >= 0.3 is 0 Å². The molecule has 4 heteroatoms. The van der Waals surface area contributed by atoms with Crippen molar-refractivity contribution < 1.29 is 0 Å². The number of fused-ring (bicyclic) bond motifs is 1. The molecule has 1 aliphatic heterocycles. The fraction of sp³-hybridized carbons (Fsp3) is 0.0870. The first-order chi connectivity index (χ1) is 13.2. The number of benzene rings is 3. The average molecular weight is 393 g/mol. The first kappa shape index (κ1) is 17.8. The van der Waals surface area contributed by atoms with Crippen molar-refractivity contribution in [2.24, 2.45) is 4.99 Å². The number of nitrogens with zero attached hydrogens (tertiary/aromatic N) is 1. The zero-order valence-electron chi connectivity index (χ0n) is 14.6. The summed E-state index contributed by atoms with van der Waals surface area (Å²) in [7, 11) is 0. The minimum absolute atomic E-state index is 0.125. The quantitative estimate of drug-likeness (QED) is 0.495. The van der Waals surface area contributed by atoms with E-state index in [-0.39, 0.29) is 6.04 Å². The summed E-state index contributed by atoms with van der Waals surface area (Å²) in [4.78, 5) is 4.88. The fourth-order valence-corrected chi connectivity index (χ4v) is 3.36. The normalized spacial score (nSPS) is 16.4. The van der Waals surface area contributed by atoms with Crippen LogP contribution in [0.5, 0.6) is 0 Å². The molecule has 27 heavy (non-hydrogen) atoms. The summed E-state index contributed by atoms with van der Waals surface area (Å²) >= 11 is 12.0. The van der Waals surface area contributed by atoms with Crippen molar-refractivity contribution in [2.75, 3.05) is 5.32 Å². The maximum atomic E-state index is 6.06. The third kappa shape index (κ3) is 4.41. The number of hydrogen-bond donors (Lipinski definition) is 1. The monoisotopic (exact) mass is 392 g/mol. The number of halogens is 2. The number of allylic oxidation sites excluding steroid dienone is 1. The van der Waals surface area contributed by atoms with E-state index in [9.17, 15) is 0 Å². The third-order valence-electron chi connectivity index (χ3n) is 4.52. The molecule has 134 valence electrons. The summed E-state index contributed by atoms with van der Waals surface area (Å²) in [5, 5.41) is 5.10. The molecular formula is C23H18Cl2N2. The Balaban J connectivity index is 1.67. The molecule has 0 radical (unpaired) electrons. The van der Waals surface area contributed by atoms with Crippen LogP contribution in [0.25, 0.3) is 6.08 Å². The zero-order valence-corrected chi connectivity index (χ0v) is 16.1. The van der Waals surface area contributed by atoms with Crippen LogP contribution in [0.3, 0.4) is 0 Å². The Bertz CT molecular complexity index is 990. The third-order valence-corrected chi connectivity index (χ3v) is 5.03. The van der Waals surface area contributed by atoms with E-state index in [0.29, 0.717) is 0 Å². The Kier molecular flexibility index (Phi) is 5.28. The first-order valence-electron chi connectivity index (χ1n) is 8.80. The van der Waals surface area contributed by atoms with Gasteiger partial charge in [0.15, 0.2) is 0 Å². The highest BCUT2D eigenvalue weighted by Crippen LogP contribution is 2.34. The largest absolute Gasteiger partial charge is 0.376 e. The summed E-state index contributed by atoms with van der Waals surface area (Å²) < 4.78 is 0. The minimum Gasteiger partial charge on any atom is -0.376 e. The van der Waals surface area contributed by atoms with Crippen molar-refractivity contribution in [2.45, 2.75) is 12.5 Å². The molecule has 0 bridgehead atoms. The van der Waals surface area contributed by atoms with Gasteiger partial charge in [-0.2, -0.15) is 0 Å². The van der Waals surface area contributed by atoms with E-state index in [0.717, 1.165) is 39.1 Å². The first-order valence-corrected chi connectivity index (χ1v) is 9.55. The number of hydrogen-bond acceptors (Lipinski definition) is 2. The van der Waals surface area contributed by atoms with Crippen LogP contribution in [0, 0.1) is 0 Å². The van der Waals surface area contributed by atoms with Crippen LogP contribution in [0.1, 0.15) is 23.6 Å². The zero-order chi connectivity index (χ0) is 18.6. The molecule has 0 saturated heterocycles. The van der Waals surface area contributed by atoms with Crippen molar-refractivity contribution in [3.05, 3.63) is 100 Å². The topological polar surface area (TPSA) is 24.4 Å². The minimum atomic E-state index is 0.125. The Morgan fingerprint density at radius 1 is 0.815 bits per heavy atom. The molecule has 2 nitrogen and oxygen atoms in total. The Labute approximate surface area is 169 Å². The number of para-hydroxylation sites is 2. The summed E-state index contributed by atoms with van der Waals surface area (Å²) in [6, 6.07) is 24.0. The molecule has 0 aliphatic carbocycles. The van der Waals surface area contributed by atoms with Gasteiger partial charge in [0.25, 0.3) is 0 Å². The number of rotatable bonds is 3. The standard InChI is InChI=1S/C23H18Cl2N2/c24-18-10-5-16(6-11-18)7-14-20-15-23(17-8-12-19(25)13-9-17)27-22-4-2-1-3-21(22)26-20/h1-14,23,27H,15H2/b14-7-. The lowest BCUT2D eigenvalue weighted by Gasteiger charge is -2.18. The molecule has 0 saturated carbocycles. The predicted molar refractivity (Wildman–Crippen MR) is 116 cm³/mol. The lowest BCUT2D eigenvalue weighted by Crippen LogP contribution is -2.12. The number of anilines is 1. The molecule has 3 aromatic rings. The van der Waals surface area contributed by atoms with Gasteiger partial charge in [-0.05, 0) is 53.6 Å². The van der Waals surface area contributed by atoms with E-state index in [1.165, 1.54) is 5.56 Å². The van der Waals surface area contributed by atoms with Gasteiger partial charge in [-0.1, -0.05) is 65.7 Å². The molecule has 0 amide bonds. The van der Waals surface area contributed by atoms with E-state index in [1.54, 1.807) is 0 Å². The van der Waals surface area contributed by atoms with E-state index < -0.39 is 0 Å². The molecule has 0 aromatic heterocycles. The highest BCUT2D eigenvalue weighted by atomic mass is 35.5. The molecule has 0 spiro atoms. The van der Waals surface area contributed by atoms with Crippen LogP contribution >= 0.6 is 23.2 Å². The van der Waals surface area contributed by atoms with Crippen molar-refractivity contribution in [3.8, 4) is 0 Å². The van der Waals surface area contributed by atoms with Crippen LogP contribution < -0.4 is 5.32 Å². The number of aliphatic imine (C=N–C) groups is 1. The Hall–Kier alpha value is -2.55. The molecular weight excluding hydrogens is 375 g/mol. The molecule has 1 aliphatic rings. The molecule has 1 heterocycles. The van der Waals surface area contributed by atoms with Crippen LogP contribution in [-0.4, -0.2) is 5.71 Å². The second-order valence-electron chi connectivity index (χ2n) is 6.46. The van der Waals surface area contributed by atoms with Crippen LogP contribution in [-0.2, 0) is 0 Å². The molecule has 1 unspecified atom stereocenters. The Morgan fingerprint density at radius 3 is 2.22 bits per heavy atom. The van der Waals surface area contributed by atoms with E-state index in [4.69, 9.17) is 28.2 Å². The summed E-state index contributed by atoms with van der Waals surface area (Å²) in [6.07, 6.45) is 4.93. The van der Waals surface area contributed by atoms with Gasteiger partial charge in [-0.3, -0.25) is 4.99 Å². The van der Waals surface area contributed by atoms with Gasteiger partial charge in [0.2, 0.25) is 0 Å². The van der Waals surface area contributed by atoms with Gasteiger partial charge < -0.3 is 5.32 Å². The second kappa shape index (κ2) is 7.99. The molecule has 1 atom stereocenters. The van der Waals surface area contributed by atoms with Crippen molar-refractivity contribution >= 4 is 46.4 Å². The summed E-state index contributed by atoms with van der Waals surface area (Å²) in [5.41, 5.74) is 5.28. The van der Waals surface area contributed by atoms with E-state index in [1.807, 2.05) is 54.6 Å². The Morgan fingerprint density at radius 2 is 1.48 bits per heavy atom. The van der Waals surface area contributed by atoms with Crippen molar-refractivity contribution in [1.82, 2.24) is 0 Å². The average Bonchev–Trinajstić information content (AvgIpc) is 2.87. The van der Waals surface area contributed by atoms with Crippen LogP contribution in [0.4, 0.5) is 11.4 Å². The van der Waals surface area contributed by atoms with E-state index >= 15 is 0 Å². The molecule has 1 N–H and O–H groups in total. The smallest absolute Gasteiger partial charge is 0.0864 e. The second-order valence-corrected chi connectivity index (χ2v) is 7.33. The lowest BCUT2D eigenvalue weighted by atomic mass is 10.0. The summed E-state index contributed by atoms with van der Waals surface area (Å²) in [5.74, 6) is 0. The van der Waals surface area contributed by atoms with Crippen LogP contribution in [0.2, 0.25) is 10.0 Å². The van der Waals surface area contributed by atoms with Gasteiger partial charge in [-0.15, -0.1) is 0 Å². The maximum absolute atomic E-state index is 6.06. The highest BCUT2D eigenvalue weighted by molar-refractivity contribution is 6.30. The van der Waals surface area contributed by atoms with Crippen molar-refractivity contribution in [3.63, 3.8) is 0 Å². The van der Waals surface area contributed by atoms with E-state index in [2.05, 4.69) is 35.7 Å². The van der Waals surface area contributed by atoms with Crippen molar-refractivity contribution in [1.29, 1.82) is 0 Å². The summed E-state index contributed by atoms with van der Waals surface area (Å²) in [6.45, 7) is 0.